The molecular weight excluding hydrogens is 338 g/mol. The van der Waals surface area contributed by atoms with Crippen LogP contribution in [0, 0.1) is 0 Å². The van der Waals surface area contributed by atoms with E-state index in [2.05, 4.69) is 71.2 Å². The number of pyridine rings is 1. The van der Waals surface area contributed by atoms with E-state index in [1.807, 2.05) is 6.07 Å². The molecule has 2 aromatic carbocycles. The number of benzene rings is 2. The predicted octanol–water partition coefficient (Wildman–Crippen LogP) is 4.34. The Kier molecular flexibility index (Phi) is 5.54. The average molecular weight is 364 g/mol. The normalized spacial score (nSPS) is 17.1. The summed E-state index contributed by atoms with van der Waals surface area (Å²) in [6.45, 7) is 4.31. The molecule has 0 radical (unpaired) electrons. The standard InChI is InChI=1S/C22H25N3S/c1-26-20-9-7-17(8-10-20)22(25-13-4-11-23-12-14-25)19-15-18-5-2-3-6-21(18)24-16-19/h2-3,5-10,15-16,22-23H,4,11-14H2,1H3. The maximum atomic E-state index is 4.73. The van der Waals surface area contributed by atoms with Gasteiger partial charge in [-0.05, 0) is 54.6 Å². The van der Waals surface area contributed by atoms with Crippen molar-refractivity contribution in [2.45, 2.75) is 17.4 Å². The molecule has 1 aliphatic rings. The van der Waals surface area contributed by atoms with Gasteiger partial charge in [-0.1, -0.05) is 30.3 Å². The molecule has 0 aliphatic carbocycles. The molecule has 1 atom stereocenters. The fraction of sp³-hybridized carbons (Fsp3) is 0.318. The molecule has 0 bridgehead atoms. The third-order valence-corrected chi connectivity index (χ3v) is 5.84. The predicted molar refractivity (Wildman–Crippen MR) is 111 cm³/mol. The molecule has 134 valence electrons. The zero-order chi connectivity index (χ0) is 17.8. The molecule has 1 unspecified atom stereocenters. The van der Waals surface area contributed by atoms with Crippen molar-refractivity contribution in [3.63, 3.8) is 0 Å². The number of para-hydroxylation sites is 1. The van der Waals surface area contributed by atoms with E-state index in [-0.39, 0.29) is 6.04 Å². The van der Waals surface area contributed by atoms with Gasteiger partial charge in [0.25, 0.3) is 0 Å². The molecule has 3 nitrogen and oxygen atoms in total. The third kappa shape index (κ3) is 3.78. The monoisotopic (exact) mass is 363 g/mol. The summed E-state index contributed by atoms with van der Waals surface area (Å²) in [5.74, 6) is 0. The van der Waals surface area contributed by atoms with Crippen LogP contribution >= 0.6 is 11.8 Å². The van der Waals surface area contributed by atoms with E-state index in [1.165, 1.54) is 27.8 Å². The summed E-state index contributed by atoms with van der Waals surface area (Å²) in [7, 11) is 0. The summed E-state index contributed by atoms with van der Waals surface area (Å²) in [5, 5.41) is 4.73. The summed E-state index contributed by atoms with van der Waals surface area (Å²) >= 11 is 1.79. The van der Waals surface area contributed by atoms with Gasteiger partial charge in [-0.25, -0.2) is 0 Å². The van der Waals surface area contributed by atoms with E-state index in [0.29, 0.717) is 0 Å². The third-order valence-electron chi connectivity index (χ3n) is 5.10. The van der Waals surface area contributed by atoms with Crippen LogP contribution in [0.5, 0.6) is 0 Å². The number of hydrogen-bond acceptors (Lipinski definition) is 4. The maximum Gasteiger partial charge on any atom is 0.0702 e. The Bertz CT molecular complexity index is 855. The van der Waals surface area contributed by atoms with Crippen LogP contribution in [-0.2, 0) is 0 Å². The zero-order valence-corrected chi connectivity index (χ0v) is 16.0. The SMILES string of the molecule is CSc1ccc(C(c2cnc3ccccc3c2)N2CCCNCC2)cc1. The number of aromatic nitrogens is 1. The molecule has 4 rings (SSSR count). The first kappa shape index (κ1) is 17.5. The number of thioether (sulfide) groups is 1. The first-order valence-corrected chi connectivity index (χ1v) is 10.5. The summed E-state index contributed by atoms with van der Waals surface area (Å²) in [6, 6.07) is 20.0. The first-order valence-electron chi connectivity index (χ1n) is 9.28. The minimum Gasteiger partial charge on any atom is -0.315 e. The second-order valence-corrected chi connectivity index (χ2v) is 7.66. The Morgan fingerprint density at radius 3 is 2.69 bits per heavy atom. The second-order valence-electron chi connectivity index (χ2n) is 6.78. The van der Waals surface area contributed by atoms with Gasteiger partial charge in [0.15, 0.2) is 0 Å². The Morgan fingerprint density at radius 2 is 1.85 bits per heavy atom. The molecule has 4 heteroatoms. The Labute approximate surface area is 159 Å². The molecule has 0 saturated carbocycles. The van der Waals surface area contributed by atoms with Crippen molar-refractivity contribution < 1.29 is 0 Å². The Balaban J connectivity index is 1.76. The molecule has 1 aliphatic heterocycles. The van der Waals surface area contributed by atoms with Crippen molar-refractivity contribution in [3.05, 3.63) is 71.9 Å². The van der Waals surface area contributed by atoms with E-state index in [9.17, 15) is 0 Å². The molecule has 1 aromatic heterocycles. The average Bonchev–Trinajstić information content (AvgIpc) is 2.98. The second kappa shape index (κ2) is 8.21. The molecule has 3 aromatic rings. The van der Waals surface area contributed by atoms with Gasteiger partial charge >= 0.3 is 0 Å². The first-order chi connectivity index (χ1) is 12.8. The minimum absolute atomic E-state index is 0.253. The zero-order valence-electron chi connectivity index (χ0n) is 15.2. The van der Waals surface area contributed by atoms with Crippen LogP contribution < -0.4 is 5.32 Å². The lowest BCUT2D eigenvalue weighted by atomic mass is 9.97. The lowest BCUT2D eigenvalue weighted by Gasteiger charge is -2.31. The maximum absolute atomic E-state index is 4.73. The highest BCUT2D eigenvalue weighted by Crippen LogP contribution is 2.31. The van der Waals surface area contributed by atoms with E-state index < -0.39 is 0 Å². The van der Waals surface area contributed by atoms with Crippen LogP contribution in [0.4, 0.5) is 0 Å². The lowest BCUT2D eigenvalue weighted by Crippen LogP contribution is -2.33. The van der Waals surface area contributed by atoms with Crippen molar-refractivity contribution in [1.82, 2.24) is 15.2 Å². The quantitative estimate of drug-likeness (QED) is 0.698. The summed E-state index contributed by atoms with van der Waals surface area (Å²) in [5.41, 5.74) is 3.69. The number of nitrogens with one attached hydrogen (secondary N) is 1. The number of rotatable bonds is 4. The van der Waals surface area contributed by atoms with Crippen LogP contribution in [0.3, 0.4) is 0 Å². The number of hydrogen-bond donors (Lipinski definition) is 1. The van der Waals surface area contributed by atoms with Gasteiger partial charge in [0, 0.05) is 36.1 Å². The van der Waals surface area contributed by atoms with Crippen molar-refractivity contribution in [2.24, 2.45) is 0 Å². The smallest absolute Gasteiger partial charge is 0.0702 e. The van der Waals surface area contributed by atoms with Gasteiger partial charge in [-0.3, -0.25) is 9.88 Å². The van der Waals surface area contributed by atoms with E-state index in [0.717, 1.165) is 31.7 Å². The van der Waals surface area contributed by atoms with Crippen LogP contribution in [0.25, 0.3) is 10.9 Å². The Hall–Kier alpha value is -1.88. The van der Waals surface area contributed by atoms with Gasteiger partial charge in [-0.2, -0.15) is 0 Å². The summed E-state index contributed by atoms with van der Waals surface area (Å²) in [4.78, 5) is 8.64. The molecule has 1 fully saturated rings. The van der Waals surface area contributed by atoms with Crippen LogP contribution in [0.1, 0.15) is 23.6 Å². The van der Waals surface area contributed by atoms with Gasteiger partial charge in [0.2, 0.25) is 0 Å². The highest BCUT2D eigenvalue weighted by molar-refractivity contribution is 7.98. The van der Waals surface area contributed by atoms with Crippen molar-refractivity contribution >= 4 is 22.7 Å². The molecule has 0 amide bonds. The highest BCUT2D eigenvalue weighted by Gasteiger charge is 2.23. The van der Waals surface area contributed by atoms with Gasteiger partial charge in [0.1, 0.15) is 0 Å². The molecule has 1 saturated heterocycles. The number of fused-ring (bicyclic) bond motifs is 1. The largest absolute Gasteiger partial charge is 0.315 e. The Morgan fingerprint density at radius 1 is 1.00 bits per heavy atom. The molecule has 2 heterocycles. The fourth-order valence-electron chi connectivity index (χ4n) is 3.76. The van der Waals surface area contributed by atoms with Crippen molar-refractivity contribution in [1.29, 1.82) is 0 Å². The highest BCUT2D eigenvalue weighted by atomic mass is 32.2. The van der Waals surface area contributed by atoms with Crippen LogP contribution in [0.15, 0.2) is 65.7 Å². The molecule has 0 spiro atoms. The van der Waals surface area contributed by atoms with Crippen molar-refractivity contribution in [2.75, 3.05) is 32.4 Å². The van der Waals surface area contributed by atoms with Gasteiger partial charge in [0.05, 0.1) is 11.6 Å². The van der Waals surface area contributed by atoms with Crippen LogP contribution in [0.2, 0.25) is 0 Å². The molecule has 26 heavy (non-hydrogen) atoms. The van der Waals surface area contributed by atoms with Gasteiger partial charge < -0.3 is 5.32 Å². The minimum atomic E-state index is 0.253. The van der Waals surface area contributed by atoms with E-state index in [1.54, 1.807) is 11.8 Å². The number of nitrogens with zero attached hydrogens (tertiary/aromatic N) is 2. The van der Waals surface area contributed by atoms with Crippen LogP contribution in [-0.4, -0.2) is 42.3 Å². The fourth-order valence-corrected chi connectivity index (χ4v) is 4.17. The molecule has 1 N–H and O–H groups in total. The van der Waals surface area contributed by atoms with E-state index in [4.69, 9.17) is 4.98 Å². The lowest BCUT2D eigenvalue weighted by molar-refractivity contribution is 0.241. The molecular formula is C22H25N3S. The van der Waals surface area contributed by atoms with E-state index >= 15 is 0 Å². The summed E-state index contributed by atoms with van der Waals surface area (Å²) in [6.07, 6.45) is 5.37. The van der Waals surface area contributed by atoms with Gasteiger partial charge in [-0.15, -0.1) is 11.8 Å². The van der Waals surface area contributed by atoms with Crippen molar-refractivity contribution in [3.8, 4) is 0 Å². The summed E-state index contributed by atoms with van der Waals surface area (Å²) < 4.78 is 0. The topological polar surface area (TPSA) is 28.2 Å².